The van der Waals surface area contributed by atoms with E-state index in [0.717, 1.165) is 4.90 Å². The van der Waals surface area contributed by atoms with E-state index in [1.54, 1.807) is 36.4 Å². The highest BCUT2D eigenvalue weighted by Gasteiger charge is 2.38. The summed E-state index contributed by atoms with van der Waals surface area (Å²) in [5, 5.41) is 11.9. The lowest BCUT2D eigenvalue weighted by Gasteiger charge is -2.18. The normalized spacial score (nSPS) is 12.8. The molecular weight excluding hydrogens is 382 g/mol. The molecule has 3 aromatic carbocycles. The van der Waals surface area contributed by atoms with Crippen LogP contribution in [0.2, 0.25) is 5.02 Å². The van der Waals surface area contributed by atoms with E-state index in [9.17, 15) is 19.5 Å². The molecule has 3 aromatic rings. The van der Waals surface area contributed by atoms with Gasteiger partial charge in [-0.15, -0.1) is 0 Å². The first kappa shape index (κ1) is 17.8. The van der Waals surface area contributed by atoms with Gasteiger partial charge in [-0.3, -0.25) is 9.59 Å². The van der Waals surface area contributed by atoms with Crippen LogP contribution in [0, 0.1) is 0 Å². The molecule has 28 heavy (non-hydrogen) atoms. The third-order valence-electron chi connectivity index (χ3n) is 4.27. The fourth-order valence-corrected chi connectivity index (χ4v) is 3.11. The molecule has 0 spiro atoms. The quantitative estimate of drug-likeness (QED) is 0.636. The lowest BCUT2D eigenvalue weighted by atomic mass is 10.1. The Bertz CT molecular complexity index is 1120. The first-order valence-corrected chi connectivity index (χ1v) is 8.60. The number of carbonyl (C=O) groups is 3. The van der Waals surface area contributed by atoms with Gasteiger partial charge in [-0.25, -0.2) is 4.90 Å². The van der Waals surface area contributed by atoms with Crippen molar-refractivity contribution >= 4 is 35.1 Å². The smallest absolute Gasteiger partial charge is 0.266 e. The van der Waals surface area contributed by atoms with Gasteiger partial charge in [0, 0.05) is 10.6 Å². The molecule has 138 valence electrons. The van der Waals surface area contributed by atoms with E-state index in [0.29, 0.717) is 16.5 Å². The van der Waals surface area contributed by atoms with Crippen molar-refractivity contribution < 1.29 is 24.2 Å². The Kier molecular flexibility index (Phi) is 4.33. The van der Waals surface area contributed by atoms with Crippen molar-refractivity contribution in [2.24, 2.45) is 0 Å². The maximum Gasteiger partial charge on any atom is 0.266 e. The van der Waals surface area contributed by atoms with E-state index in [4.69, 9.17) is 16.3 Å². The summed E-state index contributed by atoms with van der Waals surface area (Å²) in [5.41, 5.74) is 0.0229. The molecule has 6 nitrogen and oxygen atoms in total. The van der Waals surface area contributed by atoms with E-state index in [1.807, 2.05) is 0 Å². The molecule has 0 fully saturated rings. The molecular formula is C21H11ClNO5-. The van der Waals surface area contributed by atoms with Gasteiger partial charge in [0.2, 0.25) is 0 Å². The standard InChI is InChI=1S/C21H12ClNO5/c22-12-5-7-13(8-6-12)28-14-9-10-15-17(11-14)20(25)23(19(15)24)18-4-2-1-3-16(18)21(26)27/h1-11H,(H,26,27)/p-1. The van der Waals surface area contributed by atoms with Gasteiger partial charge in [0.05, 0.1) is 22.8 Å². The highest BCUT2D eigenvalue weighted by atomic mass is 35.5. The van der Waals surface area contributed by atoms with Crippen LogP contribution in [0.4, 0.5) is 5.69 Å². The number of hydrogen-bond acceptors (Lipinski definition) is 5. The number of imide groups is 1. The van der Waals surface area contributed by atoms with Crippen LogP contribution in [0.3, 0.4) is 0 Å². The monoisotopic (exact) mass is 392 g/mol. The number of rotatable bonds is 4. The number of hydrogen-bond donors (Lipinski definition) is 0. The number of para-hydroxylation sites is 1. The van der Waals surface area contributed by atoms with Crippen LogP contribution in [0.5, 0.6) is 11.5 Å². The molecule has 2 amide bonds. The van der Waals surface area contributed by atoms with Crippen LogP contribution in [0.15, 0.2) is 66.7 Å². The number of aromatic carboxylic acids is 1. The Morgan fingerprint density at radius 3 is 2.21 bits per heavy atom. The molecule has 1 aliphatic heterocycles. The summed E-state index contributed by atoms with van der Waals surface area (Å²) in [6.45, 7) is 0. The third kappa shape index (κ3) is 3.00. The number of fused-ring (bicyclic) bond motifs is 1. The van der Waals surface area contributed by atoms with Gasteiger partial charge in [-0.2, -0.15) is 0 Å². The second kappa shape index (κ2) is 6.83. The summed E-state index contributed by atoms with van der Waals surface area (Å²) < 4.78 is 5.70. The lowest BCUT2D eigenvalue weighted by molar-refractivity contribution is -0.254. The van der Waals surface area contributed by atoms with Crippen molar-refractivity contribution in [1.82, 2.24) is 0 Å². The maximum absolute atomic E-state index is 12.9. The molecule has 0 unspecified atom stereocenters. The van der Waals surface area contributed by atoms with Crippen molar-refractivity contribution in [3.63, 3.8) is 0 Å². The second-order valence-corrected chi connectivity index (χ2v) is 6.45. The van der Waals surface area contributed by atoms with E-state index in [-0.39, 0.29) is 22.4 Å². The number of carboxylic acids is 1. The van der Waals surface area contributed by atoms with E-state index < -0.39 is 17.8 Å². The van der Waals surface area contributed by atoms with Crippen LogP contribution >= 0.6 is 11.6 Å². The number of benzene rings is 3. The van der Waals surface area contributed by atoms with Crippen LogP contribution < -0.4 is 14.7 Å². The van der Waals surface area contributed by atoms with Crippen molar-refractivity contribution in [2.75, 3.05) is 4.90 Å². The Morgan fingerprint density at radius 1 is 0.857 bits per heavy atom. The topological polar surface area (TPSA) is 86.7 Å². The van der Waals surface area contributed by atoms with Gasteiger partial charge in [0.25, 0.3) is 11.8 Å². The fourth-order valence-electron chi connectivity index (χ4n) is 2.98. The first-order chi connectivity index (χ1) is 13.5. The molecule has 0 saturated heterocycles. The number of anilines is 1. The Hall–Kier alpha value is -3.64. The van der Waals surface area contributed by atoms with Crippen molar-refractivity contribution in [2.45, 2.75) is 0 Å². The van der Waals surface area contributed by atoms with Crippen molar-refractivity contribution in [3.8, 4) is 11.5 Å². The van der Waals surface area contributed by atoms with Crippen molar-refractivity contribution in [3.05, 3.63) is 88.4 Å². The van der Waals surface area contributed by atoms with Crippen LogP contribution in [0.25, 0.3) is 0 Å². The average molecular weight is 393 g/mol. The van der Waals surface area contributed by atoms with Gasteiger partial charge in [-0.05, 0) is 48.5 Å². The zero-order valence-electron chi connectivity index (χ0n) is 14.2. The molecule has 0 atom stereocenters. The van der Waals surface area contributed by atoms with Crippen LogP contribution in [0.1, 0.15) is 31.1 Å². The minimum Gasteiger partial charge on any atom is -0.545 e. The molecule has 1 aliphatic rings. The summed E-state index contributed by atoms with van der Waals surface area (Å²) in [7, 11) is 0. The summed E-state index contributed by atoms with van der Waals surface area (Å²) in [5.74, 6) is -1.83. The predicted octanol–water partition coefficient (Wildman–Crippen LogP) is 3.30. The number of halogens is 1. The summed E-state index contributed by atoms with van der Waals surface area (Å²) in [6, 6.07) is 16.9. The van der Waals surface area contributed by atoms with Gasteiger partial charge >= 0.3 is 0 Å². The number of nitrogens with zero attached hydrogens (tertiary/aromatic N) is 1. The molecule has 4 rings (SSSR count). The van der Waals surface area contributed by atoms with Gasteiger partial charge in [0.1, 0.15) is 11.5 Å². The summed E-state index contributed by atoms with van der Waals surface area (Å²) in [4.78, 5) is 37.8. The predicted molar refractivity (Wildman–Crippen MR) is 99.9 cm³/mol. The van der Waals surface area contributed by atoms with E-state index in [2.05, 4.69) is 0 Å². The average Bonchev–Trinajstić information content (AvgIpc) is 2.93. The largest absolute Gasteiger partial charge is 0.545 e. The molecule has 0 aliphatic carbocycles. The minimum absolute atomic E-state index is 0.0335. The Balaban J connectivity index is 1.70. The van der Waals surface area contributed by atoms with E-state index >= 15 is 0 Å². The number of carboxylic acid groups (broad SMARTS) is 1. The Morgan fingerprint density at radius 2 is 1.50 bits per heavy atom. The zero-order chi connectivity index (χ0) is 19.8. The summed E-state index contributed by atoms with van der Waals surface area (Å²) >= 11 is 5.85. The lowest BCUT2D eigenvalue weighted by Crippen LogP contribution is -2.33. The molecule has 0 saturated carbocycles. The molecule has 0 bridgehead atoms. The molecule has 1 heterocycles. The van der Waals surface area contributed by atoms with Gasteiger partial charge in [-0.1, -0.05) is 29.8 Å². The third-order valence-corrected chi connectivity index (χ3v) is 4.52. The number of amides is 2. The summed E-state index contributed by atoms with van der Waals surface area (Å²) in [6.07, 6.45) is 0. The number of ether oxygens (including phenoxy) is 1. The second-order valence-electron chi connectivity index (χ2n) is 6.01. The minimum atomic E-state index is -1.47. The van der Waals surface area contributed by atoms with Crippen LogP contribution in [-0.4, -0.2) is 17.8 Å². The Labute approximate surface area is 164 Å². The maximum atomic E-state index is 12.9. The molecule has 7 heteroatoms. The highest BCUT2D eigenvalue weighted by molar-refractivity contribution is 6.35. The molecule has 0 N–H and O–H groups in total. The fraction of sp³-hybridized carbons (Fsp3) is 0. The van der Waals surface area contributed by atoms with Gasteiger partial charge in [0.15, 0.2) is 0 Å². The van der Waals surface area contributed by atoms with Crippen molar-refractivity contribution in [1.29, 1.82) is 0 Å². The van der Waals surface area contributed by atoms with E-state index in [1.165, 1.54) is 30.3 Å². The zero-order valence-corrected chi connectivity index (χ0v) is 15.0. The molecule has 0 aromatic heterocycles. The SMILES string of the molecule is O=C([O-])c1ccccc1N1C(=O)c2ccc(Oc3ccc(Cl)cc3)cc2C1=O. The highest BCUT2D eigenvalue weighted by Crippen LogP contribution is 2.33. The molecule has 0 radical (unpaired) electrons. The van der Waals surface area contributed by atoms with Gasteiger partial charge < -0.3 is 14.6 Å². The first-order valence-electron chi connectivity index (χ1n) is 8.22. The number of carbonyl (C=O) groups excluding carboxylic acids is 3. The van der Waals surface area contributed by atoms with Crippen LogP contribution in [-0.2, 0) is 0 Å².